The lowest BCUT2D eigenvalue weighted by Gasteiger charge is -2.01. The summed E-state index contributed by atoms with van der Waals surface area (Å²) < 4.78 is 0. The predicted molar refractivity (Wildman–Crippen MR) is 62.3 cm³/mol. The van der Waals surface area contributed by atoms with E-state index >= 15 is 0 Å². The van der Waals surface area contributed by atoms with Crippen molar-refractivity contribution in [2.75, 3.05) is 14.1 Å². The number of hydrogen-bond donors (Lipinski definition) is 0. The van der Waals surface area contributed by atoms with E-state index in [2.05, 4.69) is 24.2 Å². The molecule has 0 atom stereocenters. The lowest BCUT2D eigenvalue weighted by atomic mass is 10.1. The van der Waals surface area contributed by atoms with Crippen molar-refractivity contribution in [3.8, 4) is 0 Å². The topological polar surface area (TPSA) is 15.6 Å². The van der Waals surface area contributed by atoms with Gasteiger partial charge in [-0.25, -0.2) is 0 Å². The van der Waals surface area contributed by atoms with Crippen molar-refractivity contribution in [1.82, 2.24) is 5.01 Å². The lowest BCUT2D eigenvalue weighted by molar-refractivity contribution is 0.440. The van der Waals surface area contributed by atoms with E-state index in [0.717, 1.165) is 0 Å². The molecule has 0 amide bonds. The van der Waals surface area contributed by atoms with Gasteiger partial charge in [0.25, 0.3) is 0 Å². The second kappa shape index (κ2) is 5.22. The van der Waals surface area contributed by atoms with Crippen molar-refractivity contribution in [2.45, 2.75) is 6.92 Å². The van der Waals surface area contributed by atoms with Crippen LogP contribution in [0.15, 0.2) is 41.5 Å². The molecule has 0 heterocycles. The zero-order chi connectivity index (χ0) is 10.4. The van der Waals surface area contributed by atoms with E-state index < -0.39 is 0 Å². The molecule has 1 aromatic carbocycles. The molecule has 0 aliphatic rings. The highest BCUT2D eigenvalue weighted by Crippen LogP contribution is 2.11. The zero-order valence-corrected chi connectivity index (χ0v) is 8.94. The number of nitrogens with zero attached hydrogens (tertiary/aromatic N) is 2. The fraction of sp³-hybridized carbons (Fsp3) is 0.250. The summed E-state index contributed by atoms with van der Waals surface area (Å²) in [7, 11) is 3.81. The van der Waals surface area contributed by atoms with Gasteiger partial charge >= 0.3 is 0 Å². The first-order valence-corrected chi connectivity index (χ1v) is 4.64. The number of benzene rings is 1. The molecule has 0 bridgehead atoms. The quantitative estimate of drug-likeness (QED) is 0.526. The largest absolute Gasteiger partial charge is 0.303 e. The lowest BCUT2D eigenvalue weighted by Crippen LogP contribution is -2.00. The van der Waals surface area contributed by atoms with Crippen molar-refractivity contribution in [3.05, 3.63) is 42.0 Å². The minimum atomic E-state index is 1.22. The first kappa shape index (κ1) is 10.5. The zero-order valence-electron chi connectivity index (χ0n) is 8.94. The Balaban J connectivity index is 2.71. The number of rotatable bonds is 3. The van der Waals surface area contributed by atoms with Crippen LogP contribution in [0.3, 0.4) is 0 Å². The van der Waals surface area contributed by atoms with Gasteiger partial charge in [-0.2, -0.15) is 5.10 Å². The Hall–Kier alpha value is -1.57. The Bertz CT molecular complexity index is 323. The van der Waals surface area contributed by atoms with Gasteiger partial charge in [-0.1, -0.05) is 30.3 Å². The summed E-state index contributed by atoms with van der Waals surface area (Å²) in [4.78, 5) is 0. The van der Waals surface area contributed by atoms with Crippen molar-refractivity contribution >= 4 is 11.8 Å². The van der Waals surface area contributed by atoms with Crippen LogP contribution in [-0.2, 0) is 0 Å². The highest BCUT2D eigenvalue weighted by molar-refractivity contribution is 5.83. The van der Waals surface area contributed by atoms with E-state index in [4.69, 9.17) is 0 Å². The molecule has 0 spiro atoms. The van der Waals surface area contributed by atoms with Crippen molar-refractivity contribution < 1.29 is 0 Å². The first-order chi connectivity index (χ1) is 6.70. The van der Waals surface area contributed by atoms with Crippen LogP contribution in [0.2, 0.25) is 0 Å². The van der Waals surface area contributed by atoms with Crippen LogP contribution in [0.4, 0.5) is 0 Å². The first-order valence-electron chi connectivity index (χ1n) is 4.64. The molecule has 14 heavy (non-hydrogen) atoms. The fourth-order valence-corrected chi connectivity index (χ4v) is 1.08. The highest BCUT2D eigenvalue weighted by Gasteiger charge is 1.90. The molecule has 2 nitrogen and oxygen atoms in total. The third kappa shape index (κ3) is 3.44. The molecular formula is C12H16N2. The molecular weight excluding hydrogens is 172 g/mol. The Morgan fingerprint density at radius 3 is 2.43 bits per heavy atom. The van der Waals surface area contributed by atoms with Crippen LogP contribution < -0.4 is 0 Å². The fourth-order valence-electron chi connectivity index (χ4n) is 1.08. The number of hydrazone groups is 1. The van der Waals surface area contributed by atoms with Gasteiger partial charge in [-0.05, 0) is 24.1 Å². The Morgan fingerprint density at radius 2 is 1.86 bits per heavy atom. The summed E-state index contributed by atoms with van der Waals surface area (Å²) in [6.07, 6.45) is 3.82. The summed E-state index contributed by atoms with van der Waals surface area (Å²) in [5.41, 5.74) is 2.45. The minimum absolute atomic E-state index is 1.22. The van der Waals surface area contributed by atoms with E-state index in [1.807, 2.05) is 44.6 Å². The highest BCUT2D eigenvalue weighted by atomic mass is 15.4. The van der Waals surface area contributed by atoms with Crippen LogP contribution >= 0.6 is 0 Å². The summed E-state index contributed by atoms with van der Waals surface area (Å²) in [5, 5.41) is 5.89. The maximum atomic E-state index is 4.12. The molecule has 0 unspecified atom stereocenters. The van der Waals surface area contributed by atoms with Crippen LogP contribution in [0.1, 0.15) is 12.5 Å². The van der Waals surface area contributed by atoms with Crippen molar-refractivity contribution in [2.24, 2.45) is 5.10 Å². The van der Waals surface area contributed by atoms with E-state index in [1.54, 1.807) is 5.01 Å². The molecule has 0 aliphatic carbocycles. The summed E-state index contributed by atoms with van der Waals surface area (Å²) >= 11 is 0. The van der Waals surface area contributed by atoms with Gasteiger partial charge in [0, 0.05) is 20.3 Å². The second-order valence-electron chi connectivity index (χ2n) is 3.33. The molecule has 0 N–H and O–H groups in total. The summed E-state index contributed by atoms with van der Waals surface area (Å²) in [6.45, 7) is 2.08. The standard InChI is InChI=1S/C12H16N2/c1-11(9-10-13-14(2)3)12-7-5-4-6-8-12/h4-10H,1-3H3. The SMILES string of the molecule is CC(=CC=NN(C)C)c1ccccc1. The van der Waals surface area contributed by atoms with E-state index in [9.17, 15) is 0 Å². The van der Waals surface area contributed by atoms with E-state index in [0.29, 0.717) is 0 Å². The Morgan fingerprint density at radius 1 is 1.21 bits per heavy atom. The van der Waals surface area contributed by atoms with Gasteiger partial charge in [0.15, 0.2) is 0 Å². The smallest absolute Gasteiger partial charge is 0.0473 e. The third-order valence-electron chi connectivity index (χ3n) is 1.85. The molecule has 0 radical (unpaired) electrons. The molecule has 0 aliphatic heterocycles. The van der Waals surface area contributed by atoms with Crippen LogP contribution in [0, 0.1) is 0 Å². The monoisotopic (exact) mass is 188 g/mol. The van der Waals surface area contributed by atoms with Crippen molar-refractivity contribution in [3.63, 3.8) is 0 Å². The minimum Gasteiger partial charge on any atom is -0.303 e. The number of allylic oxidation sites excluding steroid dienone is 2. The summed E-state index contributed by atoms with van der Waals surface area (Å²) in [5.74, 6) is 0. The van der Waals surface area contributed by atoms with Crippen LogP contribution in [0.25, 0.3) is 5.57 Å². The van der Waals surface area contributed by atoms with E-state index in [-0.39, 0.29) is 0 Å². The molecule has 74 valence electrons. The van der Waals surface area contributed by atoms with E-state index in [1.165, 1.54) is 11.1 Å². The molecule has 1 aromatic rings. The Labute approximate surface area is 85.6 Å². The Kier molecular flexibility index (Phi) is 3.92. The van der Waals surface area contributed by atoms with Gasteiger partial charge in [-0.15, -0.1) is 0 Å². The van der Waals surface area contributed by atoms with Gasteiger partial charge < -0.3 is 5.01 Å². The molecule has 1 rings (SSSR count). The average Bonchev–Trinajstić information content (AvgIpc) is 2.18. The predicted octanol–water partition coefficient (Wildman–Crippen LogP) is 2.64. The molecule has 0 fully saturated rings. The van der Waals surface area contributed by atoms with Crippen molar-refractivity contribution in [1.29, 1.82) is 0 Å². The maximum Gasteiger partial charge on any atom is 0.0473 e. The molecule has 0 saturated carbocycles. The molecule has 0 saturated heterocycles. The van der Waals surface area contributed by atoms with Gasteiger partial charge in [0.1, 0.15) is 0 Å². The summed E-state index contributed by atoms with van der Waals surface area (Å²) in [6, 6.07) is 10.3. The normalized spacial score (nSPS) is 12.1. The molecule has 0 aromatic heterocycles. The van der Waals surface area contributed by atoms with Gasteiger partial charge in [-0.3, -0.25) is 0 Å². The third-order valence-corrected chi connectivity index (χ3v) is 1.85. The van der Waals surface area contributed by atoms with Crippen LogP contribution in [-0.4, -0.2) is 25.3 Å². The van der Waals surface area contributed by atoms with Gasteiger partial charge in [0.2, 0.25) is 0 Å². The maximum absolute atomic E-state index is 4.12. The second-order valence-corrected chi connectivity index (χ2v) is 3.33. The van der Waals surface area contributed by atoms with Crippen LogP contribution in [0.5, 0.6) is 0 Å². The number of hydrogen-bond acceptors (Lipinski definition) is 2. The average molecular weight is 188 g/mol. The van der Waals surface area contributed by atoms with Gasteiger partial charge in [0.05, 0.1) is 0 Å². The molecule has 2 heteroatoms.